The van der Waals surface area contributed by atoms with Crippen LogP contribution in [0.15, 0.2) is 48.5 Å². The number of hydrogen-bond acceptors (Lipinski definition) is 44. The van der Waals surface area contributed by atoms with E-state index in [2.05, 4.69) is 81.6 Å². The minimum Gasteiger partial charge on any atom is -0.459 e. The Morgan fingerprint density at radius 1 is 0.170 bits per heavy atom. The maximum atomic E-state index is 9.92. The van der Waals surface area contributed by atoms with Crippen LogP contribution in [0.3, 0.4) is 0 Å². The summed E-state index contributed by atoms with van der Waals surface area (Å²) in [5, 5.41) is 206. The van der Waals surface area contributed by atoms with Crippen LogP contribution in [0.25, 0.3) is 0 Å². The van der Waals surface area contributed by atoms with Crippen LogP contribution in [-0.2, 0) is 179 Å². The molecule has 8 aromatic heterocycles. The summed E-state index contributed by atoms with van der Waals surface area (Å²) in [7, 11) is 0. The van der Waals surface area contributed by atoms with Crippen LogP contribution < -0.4 is 65.4 Å². The summed E-state index contributed by atoms with van der Waals surface area (Å²) in [4.78, 5) is 145. The average molecular weight is 2190 g/mol. The van der Waals surface area contributed by atoms with Crippen LogP contribution in [0.4, 0.5) is 93.1 Å². The van der Waals surface area contributed by atoms with E-state index in [-0.39, 0.29) is 204 Å². The van der Waals surface area contributed by atoms with Gasteiger partial charge in [-0.2, -0.15) is 39.4 Å². The quantitative estimate of drug-likeness (QED) is 0.0536. The third kappa shape index (κ3) is 41.8. The molecule has 76 heteroatoms. The molecule has 0 atom stereocenters. The molecule has 100 heavy (non-hydrogen) atoms. The zero-order chi connectivity index (χ0) is 67.4. The van der Waals surface area contributed by atoms with E-state index in [0.717, 1.165) is 0 Å². The fourth-order valence-electron chi connectivity index (χ4n) is 3.63. The van der Waals surface area contributed by atoms with Gasteiger partial charge >= 0.3 is 226 Å². The summed E-state index contributed by atoms with van der Waals surface area (Å²) in [5.41, 5.74) is 0. The van der Waals surface area contributed by atoms with Crippen molar-refractivity contribution in [3.63, 3.8) is 0 Å². The summed E-state index contributed by atoms with van der Waals surface area (Å²) in [6.07, 6.45) is 0. The normalized spacial score (nSPS) is 8.32. The second kappa shape index (κ2) is 56.8. The number of rotatable bonds is 16. The van der Waals surface area contributed by atoms with E-state index in [1.165, 1.54) is 0 Å². The van der Waals surface area contributed by atoms with Crippen molar-refractivity contribution < 1.29 is 258 Å². The van der Waals surface area contributed by atoms with E-state index in [1.807, 2.05) is 0 Å². The minimum atomic E-state index is -0.847. The maximum absolute atomic E-state index is 9.92. The topological polar surface area (TPSA) is 1050 Å². The molecule has 12 N–H and O–H groups in total. The van der Waals surface area contributed by atoms with Gasteiger partial charge in [0.05, 0.1) is 89.3 Å². The summed E-state index contributed by atoms with van der Waals surface area (Å²) >= 11 is 0. The predicted octanol–water partition coefficient (Wildman–Crippen LogP) is -0.530. The van der Waals surface area contributed by atoms with Crippen molar-refractivity contribution in [2.24, 2.45) is 0 Å². The zero-order valence-corrected chi connectivity index (χ0v) is 57.1. The Bertz CT molecular complexity index is 3000. The van der Waals surface area contributed by atoms with Gasteiger partial charge in [-0.3, -0.25) is 0 Å². The van der Waals surface area contributed by atoms with Gasteiger partial charge in [0.25, 0.3) is 0 Å². The molecular formula is C24H20Ag8N36O32. The molecular weight excluding hydrogens is 2170 g/mol. The van der Waals surface area contributed by atoms with Crippen molar-refractivity contribution in [3.8, 4) is 0 Å². The van der Waals surface area contributed by atoms with E-state index >= 15 is 0 Å². The van der Waals surface area contributed by atoms with Crippen molar-refractivity contribution in [2.75, 3.05) is 0 Å². The Hall–Kier alpha value is -10.2. The first-order valence-corrected chi connectivity index (χ1v) is 19.2. The largest absolute Gasteiger partial charge is 1.00 e. The first-order valence-electron chi connectivity index (χ1n) is 19.2. The summed E-state index contributed by atoms with van der Waals surface area (Å²) in [5.74, 6) is -9.83. The van der Waals surface area contributed by atoms with E-state index in [4.69, 9.17) is 0 Å². The summed E-state index contributed by atoms with van der Waals surface area (Å²) in [6, 6.07) is 5.56. The molecule has 0 aromatic carbocycles. The molecule has 576 valence electrons. The van der Waals surface area contributed by atoms with Crippen molar-refractivity contribution in [1.29, 1.82) is 0 Å². The van der Waals surface area contributed by atoms with E-state index < -0.39 is 172 Å². The first kappa shape index (κ1) is 117. The number of nitrogens with zero attached hydrogens (tertiary/aromatic N) is 32. The van der Waals surface area contributed by atoms with Gasteiger partial charge in [-0.05, 0) is 80.2 Å². The molecule has 0 aliphatic heterocycles. The molecule has 0 aliphatic carbocycles. The van der Waals surface area contributed by atoms with Crippen LogP contribution in [0.1, 0.15) is 0 Å². The van der Waals surface area contributed by atoms with E-state index in [0.29, 0.717) is 48.5 Å². The molecule has 0 saturated heterocycles. The van der Waals surface area contributed by atoms with Crippen LogP contribution >= 0.6 is 0 Å². The van der Waals surface area contributed by atoms with Gasteiger partial charge in [-0.25, -0.2) is 0 Å². The fraction of sp³-hybridized carbons (Fsp3) is 0. The maximum Gasteiger partial charge on any atom is 1.00 e. The monoisotopic (exact) mass is 2180 g/mol. The number of aromatic nitrogens is 16. The fourth-order valence-corrected chi connectivity index (χ4v) is 3.63. The molecule has 0 saturated carbocycles. The van der Waals surface area contributed by atoms with Gasteiger partial charge < -0.3 is 186 Å². The molecule has 0 amide bonds. The molecule has 0 aliphatic rings. The van der Waals surface area contributed by atoms with E-state index in [1.54, 1.807) is 0 Å². The standard InChI is InChI=1S/8C3HN4O4.8Ag.4H3N/c8*8-6(9)2-1-3(5-4-2)7(10)11;;;;;;;;;;;;/h8*1H;;;;;;;;;4*1H3/q8*-1;8*+1;;;;. The first-order chi connectivity index (χ1) is 40.9. The van der Waals surface area contributed by atoms with Crippen molar-refractivity contribution >= 4 is 93.1 Å². The second-order valence-corrected chi connectivity index (χ2v) is 12.6. The summed E-state index contributed by atoms with van der Waals surface area (Å²) < 4.78 is 0. The third-order valence-electron chi connectivity index (χ3n) is 7.10. The van der Waals surface area contributed by atoms with Gasteiger partial charge in [0.1, 0.15) is 0 Å². The Kier molecular flexibility index (Phi) is 66.5. The molecule has 8 rings (SSSR count). The SMILES string of the molecule is N.N.N.N.O=[N+]([O-])c1cc([N+](=O)[O-])[n-]n1.O=[N+]([O-])c1cc([N+](=O)[O-])[n-]n1.O=[N+]([O-])c1cc([N+](=O)[O-])[n-]n1.O=[N+]([O-])c1cc([N+](=O)[O-])[n-]n1.O=[N+]([O-])c1cc([N+](=O)[O-])[n-]n1.O=[N+]([O-])c1cc([N+](=O)[O-])[n-]n1.O=[N+]([O-])c1cc([N+](=O)[O-])[n-]n1.O=[N+]([O-])c1cc([N+](=O)[O-])[n-]n1.[Ag+].[Ag+].[Ag+].[Ag+].[Ag+].[Ag+].[Ag+].[Ag+]. The molecule has 0 unspecified atom stereocenters. The molecule has 68 nitrogen and oxygen atoms in total. The van der Waals surface area contributed by atoms with Crippen molar-refractivity contribution in [3.05, 3.63) is 210 Å². The molecule has 0 radical (unpaired) electrons. The predicted molar refractivity (Wildman–Crippen MR) is 267 cm³/mol. The van der Waals surface area contributed by atoms with E-state index in [9.17, 15) is 162 Å². The van der Waals surface area contributed by atoms with Gasteiger partial charge in [0, 0.05) is 0 Å². The van der Waals surface area contributed by atoms with Crippen LogP contribution in [0.5, 0.6) is 0 Å². The van der Waals surface area contributed by atoms with Crippen molar-refractivity contribution in [1.82, 2.24) is 106 Å². The van der Waals surface area contributed by atoms with Crippen molar-refractivity contribution in [2.45, 2.75) is 0 Å². The van der Waals surface area contributed by atoms with Crippen LogP contribution in [0.2, 0.25) is 0 Å². The van der Waals surface area contributed by atoms with Gasteiger partial charge in [0.15, 0.2) is 0 Å². The molecule has 8 aromatic rings. The molecule has 0 bridgehead atoms. The van der Waals surface area contributed by atoms with Gasteiger partial charge in [-0.1, -0.05) is 0 Å². The minimum absolute atomic E-state index is 0. The summed E-state index contributed by atoms with van der Waals surface area (Å²) in [6.45, 7) is 0. The van der Waals surface area contributed by atoms with Gasteiger partial charge in [0.2, 0.25) is 46.5 Å². The Labute approximate surface area is 661 Å². The smallest absolute Gasteiger partial charge is 0.459 e. The zero-order valence-electron chi connectivity index (χ0n) is 45.2. The Morgan fingerprint density at radius 3 is 0.270 bits per heavy atom. The molecule has 0 spiro atoms. The molecule has 8 heterocycles. The Balaban J connectivity index is -0.0000000870. The number of hydrogen-bond donors (Lipinski definition) is 4. The number of nitro groups is 16. The molecule has 0 fully saturated rings. The third-order valence-corrected chi connectivity index (χ3v) is 7.10. The van der Waals surface area contributed by atoms with Gasteiger partial charge in [-0.15, -0.1) is 0 Å². The van der Waals surface area contributed by atoms with Crippen LogP contribution in [0, 0.1) is 162 Å². The Morgan fingerprint density at radius 2 is 0.240 bits per heavy atom. The van der Waals surface area contributed by atoms with Crippen LogP contribution in [-0.4, -0.2) is 120 Å². The average Bonchev–Trinajstić information content (AvgIpc) is 1.87. The second-order valence-electron chi connectivity index (χ2n) is 12.6.